The van der Waals surface area contributed by atoms with Crippen LogP contribution in [0.5, 0.6) is 11.5 Å². The minimum atomic E-state index is -3.52. The van der Waals surface area contributed by atoms with Crippen LogP contribution in [0.1, 0.15) is 0 Å². The number of sulfone groups is 1. The van der Waals surface area contributed by atoms with Crippen LogP contribution < -0.4 is 9.47 Å². The predicted molar refractivity (Wildman–Crippen MR) is 83.0 cm³/mol. The number of benzene rings is 2. The summed E-state index contributed by atoms with van der Waals surface area (Å²) >= 11 is 0. The van der Waals surface area contributed by atoms with Gasteiger partial charge in [-0.15, -0.1) is 0 Å². The first-order chi connectivity index (χ1) is 10.5. The second kappa shape index (κ2) is 7.29. The molecule has 5 nitrogen and oxygen atoms in total. The molecule has 0 bridgehead atoms. The maximum absolute atomic E-state index is 12.1. The van der Waals surface area contributed by atoms with Crippen molar-refractivity contribution < 1.29 is 23.0 Å². The highest BCUT2D eigenvalue weighted by Crippen LogP contribution is 2.17. The van der Waals surface area contributed by atoms with Crippen molar-refractivity contribution in [2.24, 2.45) is 0 Å². The zero-order chi connectivity index (χ0) is 16.0. The summed E-state index contributed by atoms with van der Waals surface area (Å²) in [7, 11) is -1.96. The van der Waals surface area contributed by atoms with Crippen molar-refractivity contribution in [2.75, 3.05) is 19.5 Å². The fraction of sp³-hybridized carbons (Fsp3) is 0.250. The van der Waals surface area contributed by atoms with Crippen molar-refractivity contribution >= 4 is 9.84 Å². The van der Waals surface area contributed by atoms with Gasteiger partial charge >= 0.3 is 0 Å². The molecule has 0 saturated carbocycles. The van der Waals surface area contributed by atoms with E-state index < -0.39 is 15.9 Å². The van der Waals surface area contributed by atoms with Crippen LogP contribution in [0.25, 0.3) is 0 Å². The highest BCUT2D eigenvalue weighted by molar-refractivity contribution is 7.91. The largest absolute Gasteiger partial charge is 0.497 e. The van der Waals surface area contributed by atoms with Crippen molar-refractivity contribution in [2.45, 2.75) is 11.0 Å². The van der Waals surface area contributed by atoms with Crippen molar-refractivity contribution in [3.8, 4) is 11.5 Å². The van der Waals surface area contributed by atoms with Gasteiger partial charge in [-0.05, 0) is 36.4 Å². The topological polar surface area (TPSA) is 72.8 Å². The zero-order valence-electron chi connectivity index (χ0n) is 12.2. The Bertz CT molecular complexity index is 680. The molecule has 0 amide bonds. The molecule has 0 radical (unpaired) electrons. The van der Waals surface area contributed by atoms with Crippen LogP contribution in [0.4, 0.5) is 0 Å². The number of rotatable bonds is 7. The molecular weight excluding hydrogens is 304 g/mol. The highest BCUT2D eigenvalue weighted by atomic mass is 32.2. The maximum Gasteiger partial charge on any atom is 0.181 e. The number of aliphatic hydroxyl groups excluding tert-OH is 1. The van der Waals surface area contributed by atoms with Gasteiger partial charge < -0.3 is 14.6 Å². The Morgan fingerprint density at radius 1 is 1.00 bits per heavy atom. The lowest BCUT2D eigenvalue weighted by molar-refractivity contribution is 0.125. The van der Waals surface area contributed by atoms with Gasteiger partial charge in [-0.1, -0.05) is 18.2 Å². The molecular formula is C16H18O5S. The van der Waals surface area contributed by atoms with Crippen LogP contribution >= 0.6 is 0 Å². The molecule has 0 aromatic heterocycles. The Hall–Kier alpha value is -2.05. The Morgan fingerprint density at radius 3 is 2.18 bits per heavy atom. The summed E-state index contributed by atoms with van der Waals surface area (Å²) in [6.45, 7) is -0.0988. The van der Waals surface area contributed by atoms with E-state index in [1.54, 1.807) is 49.6 Å². The maximum atomic E-state index is 12.1. The van der Waals surface area contributed by atoms with Crippen molar-refractivity contribution in [3.05, 3.63) is 54.6 Å². The van der Waals surface area contributed by atoms with Crippen LogP contribution in [-0.4, -0.2) is 39.1 Å². The Labute approximate surface area is 130 Å². The quantitative estimate of drug-likeness (QED) is 0.843. The van der Waals surface area contributed by atoms with E-state index in [0.29, 0.717) is 11.5 Å². The highest BCUT2D eigenvalue weighted by Gasteiger charge is 2.20. The Morgan fingerprint density at radius 2 is 1.59 bits per heavy atom. The average Bonchev–Trinajstić information content (AvgIpc) is 2.54. The summed E-state index contributed by atoms with van der Waals surface area (Å²) in [5.74, 6) is 0.851. The van der Waals surface area contributed by atoms with Crippen LogP contribution in [-0.2, 0) is 9.84 Å². The monoisotopic (exact) mass is 322 g/mol. The van der Waals surface area contributed by atoms with E-state index in [9.17, 15) is 13.5 Å². The summed E-state index contributed by atoms with van der Waals surface area (Å²) in [5.41, 5.74) is 0. The molecule has 0 heterocycles. The summed E-state index contributed by atoms with van der Waals surface area (Å²) < 4.78 is 34.6. The summed E-state index contributed by atoms with van der Waals surface area (Å²) in [4.78, 5) is 0.193. The predicted octanol–water partition coefficient (Wildman–Crippen LogP) is 1.91. The van der Waals surface area contributed by atoms with E-state index in [0.717, 1.165) is 0 Å². The van der Waals surface area contributed by atoms with Crippen molar-refractivity contribution in [1.29, 1.82) is 0 Å². The SMILES string of the molecule is COc1ccc(OCC(O)CS(=O)(=O)c2ccccc2)cc1. The van der Waals surface area contributed by atoms with Crippen LogP contribution in [0, 0.1) is 0 Å². The fourth-order valence-electron chi connectivity index (χ4n) is 1.89. The van der Waals surface area contributed by atoms with Gasteiger partial charge in [0.2, 0.25) is 0 Å². The van der Waals surface area contributed by atoms with E-state index >= 15 is 0 Å². The molecule has 0 fully saturated rings. The average molecular weight is 322 g/mol. The summed E-state index contributed by atoms with van der Waals surface area (Å²) in [5, 5.41) is 9.88. The number of ether oxygens (including phenoxy) is 2. The molecule has 0 aliphatic rings. The standard InChI is InChI=1S/C16H18O5S/c1-20-14-7-9-15(10-8-14)21-11-13(17)12-22(18,19)16-5-3-2-4-6-16/h2-10,13,17H,11-12H2,1H3. The minimum absolute atomic E-state index is 0.0988. The van der Waals surface area contributed by atoms with E-state index in [2.05, 4.69) is 0 Å². The van der Waals surface area contributed by atoms with Crippen LogP contribution in [0.3, 0.4) is 0 Å². The van der Waals surface area contributed by atoms with Gasteiger partial charge in [-0.25, -0.2) is 8.42 Å². The minimum Gasteiger partial charge on any atom is -0.497 e. The van der Waals surface area contributed by atoms with Gasteiger partial charge in [0.25, 0.3) is 0 Å². The van der Waals surface area contributed by atoms with Gasteiger partial charge in [-0.2, -0.15) is 0 Å². The van der Waals surface area contributed by atoms with E-state index in [1.165, 1.54) is 12.1 Å². The number of hydrogen-bond donors (Lipinski definition) is 1. The van der Waals surface area contributed by atoms with Crippen LogP contribution in [0.15, 0.2) is 59.5 Å². The van der Waals surface area contributed by atoms with Crippen molar-refractivity contribution in [1.82, 2.24) is 0 Å². The smallest absolute Gasteiger partial charge is 0.181 e. The third-order valence-corrected chi connectivity index (χ3v) is 4.83. The van der Waals surface area contributed by atoms with Gasteiger partial charge in [0.1, 0.15) is 24.2 Å². The second-order valence-corrected chi connectivity index (χ2v) is 6.77. The van der Waals surface area contributed by atoms with Gasteiger partial charge in [0, 0.05) is 0 Å². The molecule has 1 N–H and O–H groups in total. The van der Waals surface area contributed by atoms with E-state index in [4.69, 9.17) is 9.47 Å². The molecule has 2 aromatic rings. The molecule has 0 aliphatic heterocycles. The third-order valence-electron chi connectivity index (χ3n) is 3.02. The molecule has 0 aliphatic carbocycles. The first-order valence-electron chi connectivity index (χ1n) is 6.74. The number of aliphatic hydroxyl groups is 1. The molecule has 2 aromatic carbocycles. The first kappa shape index (κ1) is 16.3. The molecule has 2 rings (SSSR count). The summed E-state index contributed by atoms with van der Waals surface area (Å²) in [6, 6.07) is 14.9. The second-order valence-electron chi connectivity index (χ2n) is 4.73. The fourth-order valence-corrected chi connectivity index (χ4v) is 3.26. The van der Waals surface area contributed by atoms with E-state index in [1.807, 2.05) is 0 Å². The molecule has 0 saturated heterocycles. The normalized spacial score (nSPS) is 12.6. The molecule has 0 spiro atoms. The number of methoxy groups -OCH3 is 1. The molecule has 1 unspecified atom stereocenters. The van der Waals surface area contributed by atoms with E-state index in [-0.39, 0.29) is 17.3 Å². The van der Waals surface area contributed by atoms with Crippen LogP contribution in [0.2, 0.25) is 0 Å². The third kappa shape index (κ3) is 4.47. The molecule has 6 heteroatoms. The lowest BCUT2D eigenvalue weighted by Crippen LogP contribution is -2.27. The zero-order valence-corrected chi connectivity index (χ0v) is 13.0. The van der Waals surface area contributed by atoms with Gasteiger partial charge in [0.15, 0.2) is 9.84 Å². The lowest BCUT2D eigenvalue weighted by Gasteiger charge is -2.13. The lowest BCUT2D eigenvalue weighted by atomic mass is 10.3. The molecule has 22 heavy (non-hydrogen) atoms. The Balaban J connectivity index is 1.91. The molecule has 118 valence electrons. The molecule has 1 atom stereocenters. The number of hydrogen-bond acceptors (Lipinski definition) is 5. The van der Waals surface area contributed by atoms with Gasteiger partial charge in [0.05, 0.1) is 17.8 Å². The Kier molecular flexibility index (Phi) is 5.41. The summed E-state index contributed by atoms with van der Waals surface area (Å²) in [6.07, 6.45) is -1.10. The first-order valence-corrected chi connectivity index (χ1v) is 8.39. The van der Waals surface area contributed by atoms with Crippen molar-refractivity contribution in [3.63, 3.8) is 0 Å². The van der Waals surface area contributed by atoms with Gasteiger partial charge in [-0.3, -0.25) is 0 Å².